The van der Waals surface area contributed by atoms with E-state index in [1.807, 2.05) is 0 Å². The zero-order chi connectivity index (χ0) is 6.12. The molecular formula is C4H8BrIZn. The van der Waals surface area contributed by atoms with Gasteiger partial charge in [-0.2, -0.15) is 6.42 Å². The Bertz CT molecular complexity index is 19.2. The normalized spacial score (nSPS) is 7.00. The van der Waals surface area contributed by atoms with Gasteiger partial charge >= 0.3 is 30.0 Å². The van der Waals surface area contributed by atoms with E-state index in [0.29, 0.717) is 0 Å². The Morgan fingerprint density at radius 1 is 1.71 bits per heavy atom. The first-order chi connectivity index (χ1) is 3.41. The van der Waals surface area contributed by atoms with Gasteiger partial charge < -0.3 is 22.6 Å². The van der Waals surface area contributed by atoms with Crippen LogP contribution < -0.4 is 0 Å². The van der Waals surface area contributed by atoms with Gasteiger partial charge in [-0.1, -0.05) is 13.3 Å². The Kier molecular flexibility index (Phi) is 26.0. The predicted octanol–water partition coefficient (Wildman–Crippen LogP) is 3.23. The summed E-state index contributed by atoms with van der Waals surface area (Å²) in [5, 5.41) is 0. The van der Waals surface area contributed by atoms with E-state index in [1.54, 1.807) is 0 Å². The monoisotopic (exact) mass is 326 g/mol. The molecule has 0 unspecified atom stereocenters. The van der Waals surface area contributed by atoms with Crippen molar-refractivity contribution in [1.29, 1.82) is 0 Å². The summed E-state index contributed by atoms with van der Waals surface area (Å²) in [6.45, 7) is 2.18. The fourth-order valence-electron chi connectivity index (χ4n) is 0.109. The molecule has 0 saturated heterocycles. The van der Waals surface area contributed by atoms with Crippen LogP contribution in [0.4, 0.5) is 0 Å². The molecule has 0 aliphatic heterocycles. The summed E-state index contributed by atoms with van der Waals surface area (Å²) < 4.78 is 2.15. The Labute approximate surface area is 76.0 Å². The van der Waals surface area contributed by atoms with Gasteiger partial charge in [0.05, 0.1) is 0 Å². The topological polar surface area (TPSA) is 0 Å². The van der Waals surface area contributed by atoms with Crippen LogP contribution >= 0.6 is 36.2 Å². The molecule has 0 aromatic rings. The molecule has 0 spiro atoms. The molecule has 0 rings (SSSR count). The van der Waals surface area contributed by atoms with Crippen molar-refractivity contribution >= 4 is 36.2 Å². The van der Waals surface area contributed by atoms with Crippen LogP contribution in [0.15, 0.2) is 0 Å². The second-order valence-electron chi connectivity index (χ2n) is 0.943. The summed E-state index contributed by atoms with van der Waals surface area (Å²) in [4.78, 5) is 0. The van der Waals surface area contributed by atoms with Crippen molar-refractivity contribution in [1.82, 2.24) is 0 Å². The molecule has 0 aliphatic carbocycles. The fraction of sp³-hybridized carbons (Fsp3) is 0.750. The van der Waals surface area contributed by atoms with Crippen molar-refractivity contribution in [3.8, 4) is 0 Å². The molecule has 0 bridgehead atoms. The molecule has 0 nitrogen and oxygen atoms in total. The maximum atomic E-state index is 3.06. The predicted molar refractivity (Wildman–Crippen MR) is 42.2 cm³/mol. The summed E-state index contributed by atoms with van der Waals surface area (Å²) >= 11 is 6.51. The maximum absolute atomic E-state index is 3.06. The van der Waals surface area contributed by atoms with Gasteiger partial charge in [-0.05, 0) is 0 Å². The number of rotatable bonds is 2. The van der Waals surface area contributed by atoms with E-state index < -0.39 is 0 Å². The van der Waals surface area contributed by atoms with Crippen LogP contribution in [0, 0.1) is 4.43 Å². The number of unbranched alkanes of at least 4 members (excludes halogenated alkanes) is 1. The molecule has 0 saturated carbocycles. The van der Waals surface area contributed by atoms with E-state index >= 15 is 0 Å². The van der Waals surface area contributed by atoms with Gasteiger partial charge in [0.15, 0.2) is 0 Å². The fourth-order valence-corrected chi connectivity index (χ4v) is 0.732. The van der Waals surface area contributed by atoms with Crippen LogP contribution in [0.5, 0.6) is 0 Å². The van der Waals surface area contributed by atoms with Crippen molar-refractivity contribution < 1.29 is 16.3 Å². The average Bonchev–Trinajstić information content (AvgIpc) is 1.75. The van der Waals surface area contributed by atoms with E-state index in [9.17, 15) is 0 Å². The summed E-state index contributed by atoms with van der Waals surface area (Å²) in [7, 11) is 0. The van der Waals surface area contributed by atoms with Crippen molar-refractivity contribution in [2.24, 2.45) is 0 Å². The zero-order valence-corrected chi connectivity index (χ0v) is 11.2. The summed E-state index contributed by atoms with van der Waals surface area (Å²) in [5.74, 6) is 0. The number of hydrogen-bond donors (Lipinski definition) is 0. The summed E-state index contributed by atoms with van der Waals surface area (Å²) in [5.41, 5.74) is 0. The van der Waals surface area contributed by atoms with Crippen molar-refractivity contribution in [3.05, 3.63) is 4.43 Å². The van der Waals surface area contributed by atoms with Gasteiger partial charge in [-0.3, -0.25) is 4.43 Å². The van der Waals surface area contributed by atoms with Gasteiger partial charge in [0.25, 0.3) is 0 Å². The van der Waals surface area contributed by atoms with E-state index in [0.717, 1.165) is 0 Å². The molecule has 0 fully saturated rings. The molecule has 0 radical (unpaired) electrons. The zero-order valence-electron chi connectivity index (χ0n) is 4.45. The average molecular weight is 328 g/mol. The van der Waals surface area contributed by atoms with Gasteiger partial charge in [-0.15, -0.1) is 0 Å². The molecule has 0 aliphatic rings. The van der Waals surface area contributed by atoms with E-state index in [4.69, 9.17) is 0 Å². The van der Waals surface area contributed by atoms with Gasteiger partial charge in [0.1, 0.15) is 0 Å². The second kappa shape index (κ2) is 15.7. The minimum atomic E-state index is 1.19. The van der Waals surface area contributed by atoms with Crippen LogP contribution in [-0.4, -0.2) is 0 Å². The molecular weight excluding hydrogens is 320 g/mol. The third-order valence-electron chi connectivity index (χ3n) is 0.398. The van der Waals surface area contributed by atoms with E-state index in [-0.39, 0.29) is 0 Å². The quantitative estimate of drug-likeness (QED) is 0.415. The van der Waals surface area contributed by atoms with Crippen molar-refractivity contribution in [2.75, 3.05) is 0 Å². The molecule has 7 heavy (non-hydrogen) atoms. The van der Waals surface area contributed by atoms with Crippen LogP contribution in [0.1, 0.15) is 19.8 Å². The first kappa shape index (κ1) is 11.6. The standard InChI is InChI=1S/C4H8I.BrH.Zn/c1-2-3-4-5;;/h4H,2-3H2,1H3;1H;/q-1;;+2/p-1. The molecule has 0 aromatic carbocycles. The van der Waals surface area contributed by atoms with Crippen LogP contribution in [-0.2, 0) is 16.3 Å². The van der Waals surface area contributed by atoms with Gasteiger partial charge in [0.2, 0.25) is 0 Å². The van der Waals surface area contributed by atoms with Crippen molar-refractivity contribution in [3.63, 3.8) is 0 Å². The molecule has 0 aromatic heterocycles. The molecule has 0 amide bonds. The molecule has 0 N–H and O–H groups in total. The van der Waals surface area contributed by atoms with E-state index in [2.05, 4.69) is 47.6 Å². The Morgan fingerprint density at radius 3 is 2.14 bits per heavy atom. The van der Waals surface area contributed by atoms with Crippen LogP contribution in [0.25, 0.3) is 0 Å². The number of halogens is 2. The van der Waals surface area contributed by atoms with E-state index in [1.165, 1.54) is 29.2 Å². The molecule has 0 atom stereocenters. The summed E-state index contributed by atoms with van der Waals surface area (Å²) in [6.07, 6.45) is 2.53. The molecule has 40 valence electrons. The minimum absolute atomic E-state index is 1.19. The molecule has 3 heteroatoms. The molecule has 0 heterocycles. The first-order valence-corrected chi connectivity index (χ1v) is 10.3. The second-order valence-corrected chi connectivity index (χ2v) is 1.82. The van der Waals surface area contributed by atoms with Crippen LogP contribution in [0.2, 0.25) is 0 Å². The van der Waals surface area contributed by atoms with Gasteiger partial charge in [0, 0.05) is 0 Å². The Hall–Kier alpha value is 1.83. The van der Waals surface area contributed by atoms with Crippen LogP contribution in [0.3, 0.4) is 0 Å². The Morgan fingerprint density at radius 2 is 2.14 bits per heavy atom. The first-order valence-electron chi connectivity index (χ1n) is 2.10. The summed E-state index contributed by atoms with van der Waals surface area (Å²) in [6, 6.07) is 0. The number of hydrogen-bond acceptors (Lipinski definition) is 0. The third kappa shape index (κ3) is 18.1. The van der Waals surface area contributed by atoms with Crippen molar-refractivity contribution in [2.45, 2.75) is 19.8 Å². The van der Waals surface area contributed by atoms with Gasteiger partial charge in [-0.25, -0.2) is 0 Å². The third-order valence-corrected chi connectivity index (χ3v) is 1.02. The SMILES string of the molecule is CCC[CH-]I.[Zn+][Br]. The Balaban J connectivity index is 0.